The Hall–Kier alpha value is -1.92. The molecule has 1 atom stereocenters. The molecular weight excluding hydrogens is 402 g/mol. The van der Waals surface area contributed by atoms with Gasteiger partial charge in [0.25, 0.3) is 0 Å². The highest BCUT2D eigenvalue weighted by Gasteiger charge is 2.04. The Balaban J connectivity index is 1.45. The number of nitrogens with one attached hydrogen (secondary N) is 1. The van der Waals surface area contributed by atoms with Crippen molar-refractivity contribution in [2.45, 2.75) is 17.7 Å². The van der Waals surface area contributed by atoms with Crippen molar-refractivity contribution in [3.63, 3.8) is 0 Å². The number of benzene rings is 2. The molecule has 2 aromatic carbocycles. The molecule has 6 heteroatoms. The van der Waals surface area contributed by atoms with Crippen LogP contribution in [0.25, 0.3) is 10.9 Å². The second-order valence-corrected chi connectivity index (χ2v) is 8.12. The van der Waals surface area contributed by atoms with Gasteiger partial charge >= 0.3 is 0 Å². The molecule has 0 aliphatic rings. The normalized spacial score (nSPS) is 12.2. The number of hydrogen-bond donors (Lipinski definition) is 1. The Kier molecular flexibility index (Phi) is 6.04. The lowest BCUT2D eigenvalue weighted by Crippen LogP contribution is -2.04. The summed E-state index contributed by atoms with van der Waals surface area (Å²) < 4.78 is 18.9. The van der Waals surface area contributed by atoms with Crippen LogP contribution in [0.5, 0.6) is 5.75 Å². The maximum absolute atomic E-state index is 12.2. The van der Waals surface area contributed by atoms with Gasteiger partial charge < -0.3 is 9.72 Å². The summed E-state index contributed by atoms with van der Waals surface area (Å²) in [7, 11) is -0.971. The molecule has 0 fully saturated rings. The average Bonchev–Trinajstić information content (AvgIpc) is 2.62. The highest BCUT2D eigenvalue weighted by Crippen LogP contribution is 2.19. The van der Waals surface area contributed by atoms with E-state index in [9.17, 15) is 9.00 Å². The van der Waals surface area contributed by atoms with Crippen molar-refractivity contribution >= 4 is 37.6 Å². The van der Waals surface area contributed by atoms with Crippen LogP contribution in [-0.2, 0) is 10.8 Å². The number of aromatic amines is 1. The van der Waals surface area contributed by atoms with E-state index in [0.29, 0.717) is 12.4 Å². The van der Waals surface area contributed by atoms with Crippen molar-refractivity contribution in [2.75, 3.05) is 12.4 Å². The molecule has 0 aliphatic carbocycles. The molecule has 1 aromatic heterocycles. The number of ether oxygens (including phenoxy) is 1. The van der Waals surface area contributed by atoms with Crippen molar-refractivity contribution in [3.05, 3.63) is 69.4 Å². The average molecular weight is 420 g/mol. The minimum absolute atomic E-state index is 0.111. The first kappa shape index (κ1) is 17.9. The number of fused-ring (bicyclic) bond motifs is 1. The van der Waals surface area contributed by atoms with Crippen molar-refractivity contribution in [2.24, 2.45) is 0 Å². The second kappa shape index (κ2) is 8.45. The fraction of sp³-hybridized carbons (Fsp3) is 0.211. The lowest BCUT2D eigenvalue weighted by atomic mass is 10.2. The summed E-state index contributed by atoms with van der Waals surface area (Å²) >= 11 is 3.38. The summed E-state index contributed by atoms with van der Waals surface area (Å²) in [5.41, 5.74) is 0.685. The van der Waals surface area contributed by atoms with E-state index in [0.717, 1.165) is 38.9 Å². The van der Waals surface area contributed by atoms with Gasteiger partial charge in [0, 0.05) is 32.1 Å². The molecule has 1 N–H and O–H groups in total. The summed E-state index contributed by atoms with van der Waals surface area (Å²) in [6.07, 6.45) is 1.68. The molecule has 0 amide bonds. The third-order valence-electron chi connectivity index (χ3n) is 3.76. The molecule has 3 aromatic rings. The maximum Gasteiger partial charge on any atom is 0.248 e. The predicted molar refractivity (Wildman–Crippen MR) is 105 cm³/mol. The number of pyridine rings is 1. The molecule has 0 radical (unpaired) electrons. The van der Waals surface area contributed by atoms with Gasteiger partial charge in [-0.05, 0) is 61.4 Å². The van der Waals surface area contributed by atoms with Crippen molar-refractivity contribution in [1.82, 2.24) is 4.98 Å². The quantitative estimate of drug-likeness (QED) is 0.582. The largest absolute Gasteiger partial charge is 0.494 e. The van der Waals surface area contributed by atoms with E-state index in [1.165, 1.54) is 6.07 Å². The molecule has 0 spiro atoms. The smallest absolute Gasteiger partial charge is 0.248 e. The van der Waals surface area contributed by atoms with Gasteiger partial charge in [-0.3, -0.25) is 9.00 Å². The summed E-state index contributed by atoms with van der Waals surface area (Å²) in [6.45, 7) is 0.576. The van der Waals surface area contributed by atoms with Gasteiger partial charge in [0.15, 0.2) is 0 Å². The Bertz CT molecular complexity index is 937. The molecular formula is C19H18BrNO3S. The van der Waals surface area contributed by atoms with Crippen molar-refractivity contribution in [1.29, 1.82) is 0 Å². The first-order chi connectivity index (χ1) is 12.1. The van der Waals surface area contributed by atoms with Gasteiger partial charge in [-0.15, -0.1) is 0 Å². The fourth-order valence-electron chi connectivity index (χ4n) is 2.45. The van der Waals surface area contributed by atoms with Crippen molar-refractivity contribution < 1.29 is 8.95 Å². The third-order valence-corrected chi connectivity index (χ3v) is 5.75. The minimum Gasteiger partial charge on any atom is -0.494 e. The van der Waals surface area contributed by atoms with E-state index in [4.69, 9.17) is 4.74 Å². The summed E-state index contributed by atoms with van der Waals surface area (Å²) in [5, 5.41) is 0.938. The number of H-pyrrole nitrogens is 1. The molecule has 0 bridgehead atoms. The third kappa shape index (κ3) is 5.03. The Morgan fingerprint density at radius 2 is 1.80 bits per heavy atom. The standard InChI is InChI=1S/C19H18BrNO3S/c20-15-4-7-17(8-5-15)25(23)12-2-1-11-24-16-6-9-18-14(13-16)3-10-19(22)21-18/h3-10,13H,1-2,11-12H2,(H,21,22). The lowest BCUT2D eigenvalue weighted by molar-refractivity contribution is 0.310. The van der Waals surface area contributed by atoms with Crippen LogP contribution in [-0.4, -0.2) is 21.6 Å². The van der Waals surface area contributed by atoms with Gasteiger partial charge in [0.05, 0.1) is 17.4 Å². The van der Waals surface area contributed by atoms with Gasteiger partial charge in [0.2, 0.25) is 5.56 Å². The van der Waals surface area contributed by atoms with E-state index < -0.39 is 10.8 Å². The molecule has 130 valence electrons. The molecule has 4 nitrogen and oxygen atoms in total. The van der Waals surface area contributed by atoms with Crippen LogP contribution in [0.4, 0.5) is 0 Å². The van der Waals surface area contributed by atoms with Crippen LogP contribution >= 0.6 is 15.9 Å². The predicted octanol–water partition coefficient (Wildman–Crippen LogP) is 4.26. The SMILES string of the molecule is O=c1ccc2cc(OCCCCS(=O)c3ccc(Br)cc3)ccc2[nH]1. The number of halogens is 1. The maximum atomic E-state index is 12.2. The van der Waals surface area contributed by atoms with Crippen LogP contribution < -0.4 is 10.3 Å². The topological polar surface area (TPSA) is 59.2 Å². The minimum atomic E-state index is -0.971. The monoisotopic (exact) mass is 419 g/mol. The van der Waals surface area contributed by atoms with Gasteiger partial charge in [0.1, 0.15) is 5.75 Å². The molecule has 0 aliphatic heterocycles. The van der Waals surface area contributed by atoms with E-state index in [2.05, 4.69) is 20.9 Å². The highest BCUT2D eigenvalue weighted by atomic mass is 79.9. The van der Waals surface area contributed by atoms with E-state index in [1.807, 2.05) is 42.5 Å². The lowest BCUT2D eigenvalue weighted by Gasteiger charge is -2.07. The first-order valence-electron chi connectivity index (χ1n) is 8.02. The Morgan fingerprint density at radius 1 is 1.00 bits per heavy atom. The molecule has 1 unspecified atom stereocenters. The number of unbranched alkanes of at least 4 members (excludes halogenated alkanes) is 1. The van der Waals surface area contributed by atoms with Crippen LogP contribution in [0.15, 0.2) is 68.8 Å². The second-order valence-electron chi connectivity index (χ2n) is 5.63. The van der Waals surface area contributed by atoms with Gasteiger partial charge in [-0.1, -0.05) is 15.9 Å². The van der Waals surface area contributed by atoms with Crippen LogP contribution in [0.1, 0.15) is 12.8 Å². The molecule has 0 saturated heterocycles. The Labute approximate surface area is 156 Å². The number of hydrogen-bond acceptors (Lipinski definition) is 3. The van der Waals surface area contributed by atoms with Crippen molar-refractivity contribution in [3.8, 4) is 5.75 Å². The molecule has 3 rings (SSSR count). The summed E-state index contributed by atoms with van der Waals surface area (Å²) in [5.74, 6) is 1.40. The zero-order valence-electron chi connectivity index (χ0n) is 13.5. The Morgan fingerprint density at radius 3 is 2.60 bits per heavy atom. The first-order valence-corrected chi connectivity index (χ1v) is 10.1. The molecule has 25 heavy (non-hydrogen) atoms. The van der Waals surface area contributed by atoms with Crippen LogP contribution in [0, 0.1) is 0 Å². The van der Waals surface area contributed by atoms with E-state index in [1.54, 1.807) is 6.07 Å². The molecule has 1 heterocycles. The van der Waals surface area contributed by atoms with Gasteiger partial charge in [-0.2, -0.15) is 0 Å². The van der Waals surface area contributed by atoms with E-state index in [-0.39, 0.29) is 5.56 Å². The highest BCUT2D eigenvalue weighted by molar-refractivity contribution is 9.10. The molecule has 0 saturated carbocycles. The fourth-order valence-corrected chi connectivity index (χ4v) is 3.86. The van der Waals surface area contributed by atoms with Crippen LogP contribution in [0.3, 0.4) is 0 Å². The van der Waals surface area contributed by atoms with Gasteiger partial charge in [-0.25, -0.2) is 0 Å². The zero-order valence-corrected chi connectivity index (χ0v) is 15.9. The number of aromatic nitrogens is 1. The van der Waals surface area contributed by atoms with E-state index >= 15 is 0 Å². The summed E-state index contributed by atoms with van der Waals surface area (Å²) in [6, 6.07) is 16.5. The summed E-state index contributed by atoms with van der Waals surface area (Å²) in [4.78, 5) is 14.9. The zero-order chi connectivity index (χ0) is 17.6. The van der Waals surface area contributed by atoms with Crippen LogP contribution in [0.2, 0.25) is 0 Å². The number of rotatable bonds is 7.